The maximum atomic E-state index is 10.3. The fourth-order valence-electron chi connectivity index (χ4n) is 7.78. The van der Waals surface area contributed by atoms with Crippen molar-refractivity contribution in [2.75, 3.05) is 190 Å². The number of aromatic nitrogens is 6. The number of aryl methyl sites for hydroxylation is 4. The highest BCUT2D eigenvalue weighted by Gasteiger charge is 2.14. The molecule has 0 bridgehead atoms. The summed E-state index contributed by atoms with van der Waals surface area (Å²) in [5.74, 6) is 1.56. The monoisotopic (exact) mass is 1420 g/mol. The molecule has 0 saturated carbocycles. The molecule has 0 atom stereocenters. The first-order chi connectivity index (χ1) is 41.1. The molecule has 6 heterocycles. The van der Waals surface area contributed by atoms with Crippen LogP contribution in [0.2, 0.25) is 0 Å². The molecule has 14 nitrogen and oxygen atoms in total. The molecule has 0 aliphatic carbocycles. The molecule has 3 N–H and O–H groups in total. The fourth-order valence-corrected chi connectivity index (χ4v) is 8.64. The topological polar surface area (TPSA) is 96.3 Å². The number of nitrogens with zero attached hydrogens (tertiary/aromatic N) is 12. The minimum atomic E-state index is -2.17. The Bertz CT molecular complexity index is 2260. The normalized spacial score (nSPS) is 11.1. The van der Waals surface area contributed by atoms with Crippen molar-refractivity contribution in [1.29, 1.82) is 0 Å². The summed E-state index contributed by atoms with van der Waals surface area (Å²) >= 11 is 14.0. The Hall–Kier alpha value is -3.95. The molecule has 6 aromatic rings. The summed E-state index contributed by atoms with van der Waals surface area (Å²) in [6.07, 6.45) is 31.8. The van der Waals surface area contributed by atoms with Crippen LogP contribution in [0.1, 0.15) is 55.6 Å². The van der Waals surface area contributed by atoms with Gasteiger partial charge in [0.25, 0.3) is 0 Å². The van der Waals surface area contributed by atoms with Gasteiger partial charge in [0.15, 0.2) is 75.8 Å². The van der Waals surface area contributed by atoms with Gasteiger partial charge in [0.1, 0.15) is 0 Å². The fraction of sp³-hybridized carbons (Fsp3) is 0.571. The predicted molar refractivity (Wildman–Crippen MR) is 379 cm³/mol. The highest BCUT2D eigenvalue weighted by atomic mass is 79.9. The van der Waals surface area contributed by atoms with Crippen molar-refractivity contribution in [1.82, 2.24) is 14.9 Å². The molecule has 6 aromatic heterocycles. The number of rotatable bonds is 24. The van der Waals surface area contributed by atoms with E-state index >= 15 is 0 Å². The molecule has 89 heavy (non-hydrogen) atoms. The van der Waals surface area contributed by atoms with Crippen LogP contribution in [0.15, 0.2) is 147 Å². The Morgan fingerprint density at radius 2 is 0.607 bits per heavy atom. The zero-order valence-corrected chi connectivity index (χ0v) is 62.8. The number of aliphatic hydroxyl groups is 1. The van der Waals surface area contributed by atoms with Gasteiger partial charge in [-0.05, 0) is 92.1 Å². The smallest absolute Gasteiger partial charge is 0.169 e. The second-order valence-electron chi connectivity index (χ2n) is 26.7. The number of aliphatic hydroxyl groups excluding tert-OH is 1. The summed E-state index contributed by atoms with van der Waals surface area (Å²) < 4.78 is 35.8. The van der Waals surface area contributed by atoms with Crippen molar-refractivity contribution < 1.29 is 75.4 Å². The molecule has 0 fully saturated rings. The maximum absolute atomic E-state index is 10.3. The quantitative estimate of drug-likeness (QED) is 0.0392. The zero-order valence-electron chi connectivity index (χ0n) is 60.1. The number of quaternary nitrogens is 5. The van der Waals surface area contributed by atoms with Crippen LogP contribution in [0.5, 0.6) is 0 Å². The molecule has 6 rings (SSSR count). The Kier molecular flexibility index (Phi) is 53.7. The van der Waals surface area contributed by atoms with Gasteiger partial charge in [-0.2, -0.15) is 0 Å². The van der Waals surface area contributed by atoms with Crippen molar-refractivity contribution in [2.45, 2.75) is 79.1 Å². The van der Waals surface area contributed by atoms with Crippen LogP contribution in [0, 0.1) is 0 Å². The number of hydrogen-bond acceptors (Lipinski definition) is 4. The van der Waals surface area contributed by atoms with E-state index in [-0.39, 0.29) is 36.5 Å². The largest absolute Gasteiger partial charge is 1.00 e. The van der Waals surface area contributed by atoms with Crippen molar-refractivity contribution in [3.8, 4) is 33.4 Å². The minimum absolute atomic E-state index is 0. The second-order valence-corrected chi connectivity index (χ2v) is 28.2. The van der Waals surface area contributed by atoms with Crippen LogP contribution in [0.4, 0.5) is 4.39 Å². The Balaban J connectivity index is -0.000000349. The summed E-state index contributed by atoms with van der Waals surface area (Å²) in [6.45, 7) is 12.2. The molecule has 0 aliphatic heterocycles. The third kappa shape index (κ3) is 57.7. The zero-order chi connectivity index (χ0) is 67.2. The van der Waals surface area contributed by atoms with Gasteiger partial charge in [-0.15, -0.1) is 23.2 Å². The molecular formula is C70H129Br2Cl2FN12O2+8. The van der Waals surface area contributed by atoms with E-state index in [1.54, 1.807) is 31.7 Å². The van der Waals surface area contributed by atoms with Gasteiger partial charge in [0, 0.05) is 103 Å². The summed E-state index contributed by atoms with van der Waals surface area (Å²) in [6, 6.07) is 25.7. The van der Waals surface area contributed by atoms with Gasteiger partial charge in [-0.1, -0.05) is 23.4 Å². The molecule has 0 saturated heterocycles. The highest BCUT2D eigenvalue weighted by Crippen LogP contribution is 2.18. The molecule has 0 aromatic carbocycles. The van der Waals surface area contributed by atoms with E-state index in [4.69, 9.17) is 31.0 Å². The average molecular weight is 1420 g/mol. The number of pyridine rings is 6. The Morgan fingerprint density at radius 1 is 0.438 bits per heavy atom. The average Bonchev–Trinajstić information content (AvgIpc) is 1.48. The number of hydrogen-bond donors (Lipinski definition) is 1. The molecule has 508 valence electrons. The highest BCUT2D eigenvalue weighted by molar-refractivity contribution is 9.09. The van der Waals surface area contributed by atoms with Crippen LogP contribution in [-0.4, -0.2) is 238 Å². The Morgan fingerprint density at radius 3 is 0.742 bits per heavy atom. The van der Waals surface area contributed by atoms with Crippen LogP contribution in [-0.2, 0) is 26.2 Å². The molecule has 19 heteroatoms. The predicted octanol–water partition coefficient (Wildman–Crippen LogP) is 7.30. The minimum Gasteiger partial charge on any atom is -1.00 e. The standard InChI is InChI=1S/2C22H38N4.C10H8N2.C6H15ClN.C3H6BrCl.C3H9N.C2H6O.CH3F.CH4.BrH.H2O/c2*1-25(2,3)19-7-13-23-15-9-21(10-16-23)22-11-17-24(18-12-22)14-8-20-26(4,5)6;1-5-11-6-2-9(1)10-3-7-12-8-4-10;1-8(2,3)6-4-5-7;4-2-1-3-5;1-4(2)3;1-2-3;1-2;;;/h2*9-12,15-18H,7-8,13-14,19-20H2,1-6H3;1-8H;4-6H2,1-3H3;1-3H2;1-3H3;3H,2H2,1H3;1H3;1H4;1H;1H2/q2*+4;;+1;;;;;;;/p-1/i;;;;;;;1D2;;;. The first-order valence-electron chi connectivity index (χ1n) is 31.4. The van der Waals surface area contributed by atoms with Crippen LogP contribution in [0.3, 0.4) is 0 Å². The first-order valence-corrected chi connectivity index (χ1v) is 32.4. The molecule has 0 radical (unpaired) electrons. The molecule has 0 spiro atoms. The lowest BCUT2D eigenvalue weighted by Crippen LogP contribution is -3.00. The van der Waals surface area contributed by atoms with Crippen molar-refractivity contribution in [3.05, 3.63) is 147 Å². The van der Waals surface area contributed by atoms with Gasteiger partial charge in [0.05, 0.1) is 174 Å². The molecule has 0 unspecified atom stereocenters. The van der Waals surface area contributed by atoms with Gasteiger partial charge in [-0.3, -0.25) is 14.4 Å². The molecule has 0 aliphatic rings. The molecule has 0 amide bonds. The Labute approximate surface area is 575 Å². The van der Waals surface area contributed by atoms with E-state index in [2.05, 4.69) is 248 Å². The summed E-state index contributed by atoms with van der Waals surface area (Å²) in [5, 5.41) is 8.59. The van der Waals surface area contributed by atoms with Crippen LogP contribution < -0.4 is 35.2 Å². The van der Waals surface area contributed by atoms with Gasteiger partial charge < -0.3 is 54.9 Å². The maximum Gasteiger partial charge on any atom is 0.169 e. The van der Waals surface area contributed by atoms with Gasteiger partial charge in [-0.25, -0.2) is 18.3 Å². The van der Waals surface area contributed by atoms with E-state index in [1.807, 2.05) is 50.3 Å². The second kappa shape index (κ2) is 53.5. The van der Waals surface area contributed by atoms with E-state index in [9.17, 15) is 4.39 Å². The summed E-state index contributed by atoms with van der Waals surface area (Å²) in [7, 11) is 37.3. The molecular weight excluding hydrogens is 1290 g/mol. The summed E-state index contributed by atoms with van der Waals surface area (Å²) in [4.78, 5) is 9.91. The van der Waals surface area contributed by atoms with Gasteiger partial charge in [0.2, 0.25) is 0 Å². The first kappa shape index (κ1) is 89.2. The van der Waals surface area contributed by atoms with Crippen LogP contribution >= 0.6 is 39.1 Å². The lowest BCUT2D eigenvalue weighted by atomic mass is 10.1. The van der Waals surface area contributed by atoms with Crippen molar-refractivity contribution >= 4 is 39.1 Å². The van der Waals surface area contributed by atoms with Crippen LogP contribution in [0.25, 0.3) is 33.4 Å². The third-order valence-corrected chi connectivity index (χ3v) is 13.2. The van der Waals surface area contributed by atoms with E-state index in [0.29, 0.717) is 0 Å². The third-order valence-electron chi connectivity index (χ3n) is 12.1. The number of halogens is 5. The van der Waals surface area contributed by atoms with E-state index in [0.717, 1.165) is 78.5 Å². The van der Waals surface area contributed by atoms with Gasteiger partial charge >= 0.3 is 0 Å². The SMILES string of the molecule is C.CCO.CN(C)C.C[N+](C)(C)CCCCl.C[N+](C)(C)CCC[n+]1ccc(-c2cc[n+](CCC[N+](C)(C)C)cc2)cc1.C[N+](C)(C)CCC[n+]1ccc(-c2cc[n+](CCC[N+](C)(C)C)cc2)cc1.ClCCCBr.O.[2H]C([2H])F.[Br-].c1cc(-c2ccncc2)ccn1. The summed E-state index contributed by atoms with van der Waals surface area (Å²) in [5.41, 5.74) is 7.48. The lowest BCUT2D eigenvalue weighted by Gasteiger charge is -2.22. The number of alkyl halides is 4. The van der Waals surface area contributed by atoms with E-state index < -0.39 is 7.13 Å². The lowest BCUT2D eigenvalue weighted by molar-refractivity contribution is -0.873. The van der Waals surface area contributed by atoms with Crippen molar-refractivity contribution in [2.24, 2.45) is 0 Å². The van der Waals surface area contributed by atoms with Crippen molar-refractivity contribution in [3.63, 3.8) is 0 Å². The van der Waals surface area contributed by atoms with E-state index in [1.165, 1.54) is 91.8 Å².